The summed E-state index contributed by atoms with van der Waals surface area (Å²) >= 11 is 0. The molecule has 0 radical (unpaired) electrons. The number of aromatic hydroxyl groups is 1. The fourth-order valence-corrected chi connectivity index (χ4v) is 3.60. The van der Waals surface area contributed by atoms with Gasteiger partial charge in [-0.05, 0) is 30.9 Å². The van der Waals surface area contributed by atoms with Crippen LogP contribution in [-0.2, 0) is 11.2 Å². The number of ether oxygens (including phenoxy) is 1. The molecule has 31 heavy (non-hydrogen) atoms. The number of hydrogen-bond donors (Lipinski definition) is 2. The average molecular weight is 437 g/mol. The number of carboxylic acid groups (broad SMARTS) is 1. The van der Waals surface area contributed by atoms with Crippen LogP contribution in [-0.4, -0.2) is 23.3 Å². The SMILES string of the molecule is CCCCCCCCCCCCCCCC(=O)O.CCCCc1cccc(OC)c1O. The third kappa shape index (κ3) is 17.6. The first-order valence-electron chi connectivity index (χ1n) is 12.6. The minimum Gasteiger partial charge on any atom is -0.504 e. The van der Waals surface area contributed by atoms with Gasteiger partial charge in [0, 0.05) is 6.42 Å². The number of hydrogen-bond acceptors (Lipinski definition) is 3. The van der Waals surface area contributed by atoms with Crippen molar-refractivity contribution in [3.63, 3.8) is 0 Å². The molecule has 180 valence electrons. The number of benzene rings is 1. The maximum Gasteiger partial charge on any atom is 0.303 e. The van der Waals surface area contributed by atoms with E-state index in [9.17, 15) is 9.90 Å². The van der Waals surface area contributed by atoms with Crippen LogP contribution in [0.1, 0.15) is 122 Å². The summed E-state index contributed by atoms with van der Waals surface area (Å²) in [5.74, 6) is 0.199. The number of carboxylic acids is 1. The van der Waals surface area contributed by atoms with Crippen molar-refractivity contribution in [1.29, 1.82) is 0 Å². The lowest BCUT2D eigenvalue weighted by atomic mass is 10.0. The van der Waals surface area contributed by atoms with Crippen LogP contribution in [0.25, 0.3) is 0 Å². The van der Waals surface area contributed by atoms with Gasteiger partial charge in [0.15, 0.2) is 11.5 Å². The summed E-state index contributed by atoms with van der Waals surface area (Å²) in [6.45, 7) is 4.40. The van der Waals surface area contributed by atoms with Crippen molar-refractivity contribution < 1.29 is 19.7 Å². The number of para-hydroxylation sites is 1. The first kappa shape index (κ1) is 29.3. The molecule has 0 atom stereocenters. The number of unbranched alkanes of at least 4 members (excludes halogenated alkanes) is 13. The van der Waals surface area contributed by atoms with E-state index in [2.05, 4.69) is 13.8 Å². The molecule has 0 saturated carbocycles. The zero-order chi connectivity index (χ0) is 23.2. The molecule has 0 amide bonds. The van der Waals surface area contributed by atoms with Crippen LogP contribution < -0.4 is 4.74 Å². The summed E-state index contributed by atoms with van der Waals surface area (Å²) in [4.78, 5) is 10.3. The lowest BCUT2D eigenvalue weighted by Crippen LogP contribution is -1.93. The number of methoxy groups -OCH3 is 1. The normalized spacial score (nSPS) is 10.4. The molecule has 0 bridgehead atoms. The van der Waals surface area contributed by atoms with E-state index in [1.54, 1.807) is 13.2 Å². The van der Waals surface area contributed by atoms with Crippen LogP contribution in [0.15, 0.2) is 18.2 Å². The number of aliphatic carboxylic acids is 1. The molecule has 0 fully saturated rings. The largest absolute Gasteiger partial charge is 0.504 e. The fraction of sp³-hybridized carbons (Fsp3) is 0.741. The van der Waals surface area contributed by atoms with E-state index in [1.165, 1.54) is 70.6 Å². The summed E-state index contributed by atoms with van der Waals surface area (Å²) in [5, 5.41) is 18.2. The Balaban J connectivity index is 0.000000609. The summed E-state index contributed by atoms with van der Waals surface area (Å²) in [7, 11) is 1.57. The average Bonchev–Trinajstić information content (AvgIpc) is 2.76. The van der Waals surface area contributed by atoms with Gasteiger partial charge in [-0.15, -0.1) is 0 Å². The minimum absolute atomic E-state index is 0.290. The first-order valence-corrected chi connectivity index (χ1v) is 12.6. The number of phenolic OH excluding ortho intramolecular Hbond substituents is 1. The minimum atomic E-state index is -0.655. The molecule has 0 unspecified atom stereocenters. The molecule has 2 N–H and O–H groups in total. The Kier molecular flexibility index (Phi) is 20.3. The second kappa shape index (κ2) is 21.5. The van der Waals surface area contributed by atoms with Gasteiger partial charge in [-0.2, -0.15) is 0 Å². The van der Waals surface area contributed by atoms with Crippen molar-refractivity contribution >= 4 is 5.97 Å². The maximum absolute atomic E-state index is 10.3. The Morgan fingerprint density at radius 1 is 0.774 bits per heavy atom. The van der Waals surface area contributed by atoms with E-state index in [0.717, 1.165) is 37.7 Å². The number of rotatable bonds is 18. The third-order valence-electron chi connectivity index (χ3n) is 5.60. The molecular formula is C27H48O4. The standard InChI is InChI=1S/C16H32O2.C11H16O2/c1-2-3-4-5-6-7-8-9-10-11-12-13-14-15-16(17)18;1-3-4-6-9-7-5-8-10(13-2)11(9)12/h2-15H2,1H3,(H,17,18);5,7-8,12H,3-4,6H2,1-2H3. The topological polar surface area (TPSA) is 66.8 Å². The van der Waals surface area contributed by atoms with Crippen molar-refractivity contribution in [2.45, 2.75) is 123 Å². The van der Waals surface area contributed by atoms with E-state index in [0.29, 0.717) is 17.9 Å². The number of aryl methyl sites for hydroxylation is 1. The predicted molar refractivity (Wildman–Crippen MR) is 131 cm³/mol. The van der Waals surface area contributed by atoms with Gasteiger partial charge in [0.2, 0.25) is 0 Å². The molecule has 0 aliphatic carbocycles. The lowest BCUT2D eigenvalue weighted by Gasteiger charge is -2.07. The van der Waals surface area contributed by atoms with E-state index in [1.807, 2.05) is 12.1 Å². The lowest BCUT2D eigenvalue weighted by molar-refractivity contribution is -0.137. The molecule has 0 aliphatic heterocycles. The molecule has 1 aromatic rings. The van der Waals surface area contributed by atoms with Gasteiger partial charge < -0.3 is 14.9 Å². The fourth-order valence-electron chi connectivity index (χ4n) is 3.60. The molecule has 4 heteroatoms. The molecule has 4 nitrogen and oxygen atoms in total. The molecule has 1 aromatic carbocycles. The maximum atomic E-state index is 10.3. The van der Waals surface area contributed by atoms with Crippen LogP contribution >= 0.6 is 0 Å². The molecule has 1 rings (SSSR count). The molecule has 0 saturated heterocycles. The first-order chi connectivity index (χ1) is 15.1. The number of phenols is 1. The highest BCUT2D eigenvalue weighted by Crippen LogP contribution is 2.30. The summed E-state index contributed by atoms with van der Waals surface area (Å²) in [6.07, 6.45) is 20.4. The molecule has 0 heterocycles. The second-order valence-electron chi connectivity index (χ2n) is 8.46. The Morgan fingerprint density at radius 2 is 1.26 bits per heavy atom. The van der Waals surface area contributed by atoms with Crippen molar-refractivity contribution in [3.8, 4) is 11.5 Å². The van der Waals surface area contributed by atoms with Crippen molar-refractivity contribution in [2.75, 3.05) is 7.11 Å². The van der Waals surface area contributed by atoms with Gasteiger partial charge in [0.25, 0.3) is 0 Å². The molecule has 0 aliphatic rings. The zero-order valence-electron chi connectivity index (χ0n) is 20.5. The van der Waals surface area contributed by atoms with E-state index >= 15 is 0 Å². The van der Waals surface area contributed by atoms with Gasteiger partial charge in [-0.25, -0.2) is 0 Å². The van der Waals surface area contributed by atoms with Crippen molar-refractivity contribution in [1.82, 2.24) is 0 Å². The number of carbonyl (C=O) groups is 1. The summed E-state index contributed by atoms with van der Waals surface area (Å²) in [6, 6.07) is 5.61. The molecule has 0 aromatic heterocycles. The highest BCUT2D eigenvalue weighted by Gasteiger charge is 2.05. The highest BCUT2D eigenvalue weighted by molar-refractivity contribution is 5.66. The Hall–Kier alpha value is -1.71. The van der Waals surface area contributed by atoms with Crippen LogP contribution in [0.3, 0.4) is 0 Å². The van der Waals surface area contributed by atoms with Crippen LogP contribution in [0.2, 0.25) is 0 Å². The van der Waals surface area contributed by atoms with Gasteiger partial charge in [-0.3, -0.25) is 4.79 Å². The third-order valence-corrected chi connectivity index (χ3v) is 5.60. The molecule has 0 spiro atoms. The summed E-state index contributed by atoms with van der Waals surface area (Å²) < 4.78 is 5.02. The van der Waals surface area contributed by atoms with Crippen LogP contribution in [0.5, 0.6) is 11.5 Å². The molecular weight excluding hydrogens is 388 g/mol. The highest BCUT2D eigenvalue weighted by atomic mass is 16.5. The Bertz CT molecular complexity index is 542. The van der Waals surface area contributed by atoms with Crippen molar-refractivity contribution in [2.24, 2.45) is 0 Å². The van der Waals surface area contributed by atoms with Gasteiger partial charge in [0.1, 0.15) is 0 Å². The van der Waals surface area contributed by atoms with Gasteiger partial charge in [-0.1, -0.05) is 109 Å². The smallest absolute Gasteiger partial charge is 0.303 e. The van der Waals surface area contributed by atoms with Crippen LogP contribution in [0.4, 0.5) is 0 Å². The Labute approximate surface area is 191 Å². The van der Waals surface area contributed by atoms with Gasteiger partial charge in [0.05, 0.1) is 7.11 Å². The van der Waals surface area contributed by atoms with E-state index in [4.69, 9.17) is 9.84 Å². The van der Waals surface area contributed by atoms with Crippen LogP contribution in [0, 0.1) is 0 Å². The van der Waals surface area contributed by atoms with E-state index < -0.39 is 5.97 Å². The zero-order valence-corrected chi connectivity index (χ0v) is 20.5. The summed E-state index contributed by atoms with van der Waals surface area (Å²) in [5.41, 5.74) is 0.973. The van der Waals surface area contributed by atoms with E-state index in [-0.39, 0.29) is 0 Å². The quantitative estimate of drug-likeness (QED) is 0.227. The van der Waals surface area contributed by atoms with Crippen molar-refractivity contribution in [3.05, 3.63) is 23.8 Å². The second-order valence-corrected chi connectivity index (χ2v) is 8.46. The predicted octanol–water partition coefficient (Wildman–Crippen LogP) is 8.30. The Morgan fingerprint density at radius 3 is 1.71 bits per heavy atom. The monoisotopic (exact) mass is 436 g/mol. The van der Waals surface area contributed by atoms with Gasteiger partial charge >= 0.3 is 5.97 Å².